The summed E-state index contributed by atoms with van der Waals surface area (Å²) in [6, 6.07) is 1.25. The van der Waals surface area contributed by atoms with Crippen molar-refractivity contribution in [2.24, 2.45) is 5.41 Å². The van der Waals surface area contributed by atoms with E-state index in [9.17, 15) is 13.2 Å². The highest BCUT2D eigenvalue weighted by molar-refractivity contribution is 5.75. The van der Waals surface area contributed by atoms with Gasteiger partial charge < -0.3 is 14.5 Å². The second-order valence-electron chi connectivity index (χ2n) is 8.91. The first-order chi connectivity index (χ1) is 15.3. The van der Waals surface area contributed by atoms with Gasteiger partial charge in [-0.1, -0.05) is 0 Å². The molecule has 3 aromatic heterocycles. The fourth-order valence-electron chi connectivity index (χ4n) is 4.76. The molecule has 3 fully saturated rings. The maximum atomic E-state index is 13.2. The van der Waals surface area contributed by atoms with Crippen molar-refractivity contribution in [1.82, 2.24) is 29.7 Å². The minimum atomic E-state index is -4.48. The molecule has 0 aromatic carbocycles. The summed E-state index contributed by atoms with van der Waals surface area (Å²) in [5.41, 5.74) is -0.0998. The monoisotopic (exact) mass is 446 g/mol. The number of halogens is 3. The number of nitrogens with zero attached hydrogens (tertiary/aromatic N) is 8. The fourth-order valence-corrected chi connectivity index (χ4v) is 4.76. The number of rotatable bonds is 3. The molecule has 3 aliphatic rings. The second kappa shape index (κ2) is 6.74. The van der Waals surface area contributed by atoms with Crippen molar-refractivity contribution in [3.05, 3.63) is 30.0 Å². The first-order valence-electron chi connectivity index (χ1n) is 10.5. The summed E-state index contributed by atoms with van der Waals surface area (Å²) in [7, 11) is 0. The van der Waals surface area contributed by atoms with Crippen LogP contribution in [0.1, 0.15) is 24.0 Å². The Morgan fingerprint density at radius 1 is 1.06 bits per heavy atom. The SMILES string of the molecule is Cc1nc(N2CCC3(C2)CN(c2ncc4cnn(C5COC5)c4n2)C3)cc(C(F)(F)F)n1. The Morgan fingerprint density at radius 3 is 2.56 bits per heavy atom. The molecule has 0 atom stereocenters. The van der Waals surface area contributed by atoms with Gasteiger partial charge in [-0.2, -0.15) is 23.3 Å². The molecule has 6 heterocycles. The number of anilines is 2. The number of hydrogen-bond acceptors (Lipinski definition) is 8. The van der Waals surface area contributed by atoms with Crippen LogP contribution in [0.3, 0.4) is 0 Å². The molecule has 1 spiro atoms. The summed E-state index contributed by atoms with van der Waals surface area (Å²) < 4.78 is 46.6. The van der Waals surface area contributed by atoms with E-state index >= 15 is 0 Å². The average Bonchev–Trinajstić information content (AvgIpc) is 3.29. The Balaban J connectivity index is 1.18. The molecule has 0 unspecified atom stereocenters. The van der Waals surface area contributed by atoms with E-state index < -0.39 is 11.9 Å². The Bertz CT molecular complexity index is 1190. The first kappa shape index (κ1) is 19.6. The van der Waals surface area contributed by atoms with Gasteiger partial charge in [-0.25, -0.2) is 19.6 Å². The molecule has 32 heavy (non-hydrogen) atoms. The van der Waals surface area contributed by atoms with Crippen LogP contribution in [0, 0.1) is 12.3 Å². The van der Waals surface area contributed by atoms with Crippen molar-refractivity contribution < 1.29 is 17.9 Å². The minimum Gasteiger partial charge on any atom is -0.377 e. The summed E-state index contributed by atoms with van der Waals surface area (Å²) in [4.78, 5) is 21.1. The fraction of sp³-hybridized carbons (Fsp3) is 0.550. The van der Waals surface area contributed by atoms with Gasteiger partial charge in [-0.15, -0.1) is 0 Å². The van der Waals surface area contributed by atoms with Crippen LogP contribution in [0.2, 0.25) is 0 Å². The third kappa shape index (κ3) is 3.15. The maximum absolute atomic E-state index is 13.2. The molecule has 0 bridgehead atoms. The Hall–Kier alpha value is -3.02. The number of aromatic nitrogens is 6. The Kier molecular flexibility index (Phi) is 4.14. The molecule has 3 aliphatic heterocycles. The highest BCUT2D eigenvalue weighted by atomic mass is 19.4. The first-order valence-corrected chi connectivity index (χ1v) is 10.5. The van der Waals surface area contributed by atoms with Crippen LogP contribution < -0.4 is 9.80 Å². The average molecular weight is 446 g/mol. The van der Waals surface area contributed by atoms with E-state index in [1.54, 1.807) is 12.4 Å². The molecule has 0 N–H and O–H groups in total. The molecule has 0 amide bonds. The van der Waals surface area contributed by atoms with Gasteiger partial charge in [-0.3, -0.25) is 0 Å². The van der Waals surface area contributed by atoms with Crippen molar-refractivity contribution >= 4 is 22.8 Å². The number of fused-ring (bicyclic) bond motifs is 1. The lowest BCUT2D eigenvalue weighted by Gasteiger charge is -2.48. The van der Waals surface area contributed by atoms with Gasteiger partial charge in [0.2, 0.25) is 5.95 Å². The molecular formula is C20H21F3N8O. The van der Waals surface area contributed by atoms with Crippen LogP contribution in [-0.4, -0.2) is 69.1 Å². The van der Waals surface area contributed by atoms with Gasteiger partial charge in [0, 0.05) is 43.9 Å². The van der Waals surface area contributed by atoms with Gasteiger partial charge in [0.05, 0.1) is 24.8 Å². The quantitative estimate of drug-likeness (QED) is 0.606. The van der Waals surface area contributed by atoms with E-state index in [0.29, 0.717) is 38.1 Å². The van der Waals surface area contributed by atoms with Gasteiger partial charge in [0.25, 0.3) is 0 Å². The lowest BCUT2D eigenvalue weighted by atomic mass is 9.79. The van der Waals surface area contributed by atoms with Gasteiger partial charge in [-0.05, 0) is 13.3 Å². The van der Waals surface area contributed by atoms with Crippen LogP contribution >= 0.6 is 0 Å². The molecule has 9 nitrogen and oxygen atoms in total. The maximum Gasteiger partial charge on any atom is 0.433 e. The van der Waals surface area contributed by atoms with Crippen LogP contribution in [0.25, 0.3) is 11.0 Å². The summed E-state index contributed by atoms with van der Waals surface area (Å²) in [6.45, 7) is 5.59. The van der Waals surface area contributed by atoms with Gasteiger partial charge in [0.1, 0.15) is 23.4 Å². The Labute approximate surface area is 181 Å². The lowest BCUT2D eigenvalue weighted by molar-refractivity contribution is -0.141. The number of aryl methyl sites for hydroxylation is 1. The summed E-state index contributed by atoms with van der Waals surface area (Å²) >= 11 is 0. The van der Waals surface area contributed by atoms with Crippen LogP contribution in [0.5, 0.6) is 0 Å². The third-order valence-electron chi connectivity index (χ3n) is 6.50. The lowest BCUT2D eigenvalue weighted by Crippen LogP contribution is -2.58. The molecule has 6 rings (SSSR count). The van der Waals surface area contributed by atoms with E-state index in [1.165, 1.54) is 6.92 Å². The topological polar surface area (TPSA) is 85.1 Å². The predicted molar refractivity (Wildman–Crippen MR) is 108 cm³/mol. The van der Waals surface area contributed by atoms with Gasteiger partial charge in [0.15, 0.2) is 5.65 Å². The van der Waals surface area contributed by atoms with Crippen LogP contribution in [0.4, 0.5) is 24.9 Å². The number of ether oxygens (including phenoxy) is 1. The largest absolute Gasteiger partial charge is 0.433 e. The molecule has 0 aliphatic carbocycles. The van der Waals surface area contributed by atoms with Crippen LogP contribution in [-0.2, 0) is 10.9 Å². The van der Waals surface area contributed by atoms with E-state index in [0.717, 1.165) is 36.6 Å². The molecule has 3 saturated heterocycles. The molecule has 0 radical (unpaired) electrons. The van der Waals surface area contributed by atoms with Crippen molar-refractivity contribution in [2.45, 2.75) is 25.6 Å². The number of hydrogen-bond donors (Lipinski definition) is 0. The summed E-state index contributed by atoms with van der Waals surface area (Å²) in [5.74, 6) is 1.12. The molecule has 12 heteroatoms. The van der Waals surface area contributed by atoms with E-state index in [-0.39, 0.29) is 17.3 Å². The molecule has 3 aromatic rings. The molecular weight excluding hydrogens is 425 g/mol. The summed E-state index contributed by atoms with van der Waals surface area (Å²) in [5, 5.41) is 5.32. The highest BCUT2D eigenvalue weighted by Gasteiger charge is 2.49. The van der Waals surface area contributed by atoms with Crippen molar-refractivity contribution in [3.8, 4) is 0 Å². The molecule has 0 saturated carbocycles. The van der Waals surface area contributed by atoms with E-state index in [2.05, 4.69) is 25.0 Å². The van der Waals surface area contributed by atoms with Crippen molar-refractivity contribution in [1.29, 1.82) is 0 Å². The second-order valence-corrected chi connectivity index (χ2v) is 8.91. The highest BCUT2D eigenvalue weighted by Crippen LogP contribution is 2.42. The molecule has 168 valence electrons. The third-order valence-corrected chi connectivity index (χ3v) is 6.50. The Morgan fingerprint density at radius 2 is 1.84 bits per heavy atom. The number of alkyl halides is 3. The summed E-state index contributed by atoms with van der Waals surface area (Å²) in [6.07, 6.45) is -0.0491. The zero-order valence-electron chi connectivity index (χ0n) is 17.4. The van der Waals surface area contributed by atoms with Crippen molar-refractivity contribution in [2.75, 3.05) is 49.2 Å². The standard InChI is InChI=1S/C20H21F3N8O/c1-12-26-15(20(21,22)23)4-16(27-12)29-3-2-19(9-29)10-30(11-19)18-24-5-13-6-25-31(17(13)28-18)14-7-32-8-14/h4-6,14H,2-3,7-11H2,1H3. The van der Waals surface area contributed by atoms with Gasteiger partial charge >= 0.3 is 6.18 Å². The zero-order valence-corrected chi connectivity index (χ0v) is 17.4. The van der Waals surface area contributed by atoms with E-state index in [1.807, 2.05) is 9.58 Å². The zero-order chi connectivity index (χ0) is 22.1. The smallest absolute Gasteiger partial charge is 0.377 e. The van der Waals surface area contributed by atoms with Crippen LogP contribution in [0.15, 0.2) is 18.5 Å². The van der Waals surface area contributed by atoms with E-state index in [4.69, 9.17) is 9.72 Å². The normalized spacial score (nSPS) is 20.8. The predicted octanol–water partition coefficient (Wildman–Crippen LogP) is 2.23. The van der Waals surface area contributed by atoms with Crippen molar-refractivity contribution in [3.63, 3.8) is 0 Å². The minimum absolute atomic E-state index is 0.00236.